The molecule has 0 N–H and O–H groups in total. The molecule has 0 spiro atoms. The fourth-order valence-electron chi connectivity index (χ4n) is 5.62. The van der Waals surface area contributed by atoms with Crippen molar-refractivity contribution in [2.75, 3.05) is 40.3 Å². The van der Waals surface area contributed by atoms with Gasteiger partial charge in [-0.2, -0.15) is 0 Å². The molecule has 2 aromatic carbocycles. The molecule has 0 aliphatic heterocycles. The summed E-state index contributed by atoms with van der Waals surface area (Å²) in [5.74, 6) is 0.798. The first-order valence-electron chi connectivity index (χ1n) is 16.2. The quantitative estimate of drug-likeness (QED) is 0.118. The number of benzene rings is 2. The number of urea groups is 1. The molecule has 1 unspecified atom stereocenters. The van der Waals surface area contributed by atoms with Crippen LogP contribution in [0, 0.1) is 0 Å². The van der Waals surface area contributed by atoms with Gasteiger partial charge in [0.2, 0.25) is 5.75 Å². The minimum atomic E-state index is -0.872. The van der Waals surface area contributed by atoms with Crippen LogP contribution in [0.1, 0.15) is 42.4 Å². The molecule has 2 heterocycles. The summed E-state index contributed by atoms with van der Waals surface area (Å²) in [4.78, 5) is 39.4. The first-order chi connectivity index (χ1) is 23.3. The van der Waals surface area contributed by atoms with E-state index in [-0.39, 0.29) is 6.10 Å². The van der Waals surface area contributed by atoms with Crippen molar-refractivity contribution >= 4 is 17.7 Å². The Morgan fingerprint density at radius 1 is 0.729 bits per heavy atom. The molecule has 10 heteroatoms. The molecule has 4 aromatic rings. The lowest BCUT2D eigenvalue weighted by Gasteiger charge is -2.32. The number of nitrogens with zero attached hydrogens (tertiary/aromatic N) is 4. The van der Waals surface area contributed by atoms with Crippen molar-refractivity contribution in [1.29, 1.82) is 0 Å². The lowest BCUT2D eigenvalue weighted by Crippen LogP contribution is -2.50. The number of carbonyl (C=O) groups is 2. The Labute approximate surface area is 283 Å². The van der Waals surface area contributed by atoms with Gasteiger partial charge in [-0.15, -0.1) is 0 Å². The first kappa shape index (κ1) is 35.7. The van der Waals surface area contributed by atoms with Crippen molar-refractivity contribution in [3.63, 3.8) is 0 Å². The first-order valence-corrected chi connectivity index (χ1v) is 16.2. The van der Waals surface area contributed by atoms with E-state index in [1.165, 1.54) is 31.1 Å². The number of carbonyl (C=O) groups excluding carboxylic acids is 2. The molecule has 0 radical (unpaired) electrons. The molecule has 254 valence electrons. The molecule has 48 heavy (non-hydrogen) atoms. The van der Waals surface area contributed by atoms with Crippen LogP contribution in [0.4, 0.5) is 10.5 Å². The number of methoxy groups -OCH3 is 3. The average Bonchev–Trinajstić information content (AvgIpc) is 3.13. The molecule has 2 aromatic heterocycles. The maximum atomic E-state index is 14.1. The third-order valence-corrected chi connectivity index (χ3v) is 8.35. The number of hydrogen-bond donors (Lipinski definition) is 0. The van der Waals surface area contributed by atoms with E-state index in [1.54, 1.807) is 38.6 Å². The minimum Gasteiger partial charge on any atom is -0.493 e. The number of aryl methyl sites for hydroxylation is 2. The van der Waals surface area contributed by atoms with Gasteiger partial charge < -0.3 is 23.8 Å². The molecule has 1 atom stereocenters. The van der Waals surface area contributed by atoms with Crippen molar-refractivity contribution in [2.24, 2.45) is 0 Å². The van der Waals surface area contributed by atoms with Crippen molar-refractivity contribution in [3.8, 4) is 17.2 Å². The van der Waals surface area contributed by atoms with E-state index in [9.17, 15) is 9.59 Å². The molecule has 0 fully saturated rings. The van der Waals surface area contributed by atoms with Crippen LogP contribution in [0.3, 0.4) is 0 Å². The topological polar surface area (TPSA) is 103 Å². The lowest BCUT2D eigenvalue weighted by molar-refractivity contribution is -0.154. The van der Waals surface area contributed by atoms with Crippen LogP contribution in [-0.4, -0.2) is 74.4 Å². The number of aromatic nitrogens is 2. The SMILES string of the molecule is COc1cc(N(C)C(=O)N(C)C(Cc2ccccc2)C(=O)OC(CCCc2cccnc2)CCCc2cccnc2)cc(OC)c1OC. The summed E-state index contributed by atoms with van der Waals surface area (Å²) >= 11 is 0. The Balaban J connectivity index is 1.54. The molecule has 4 rings (SSSR count). The molecule has 0 aliphatic carbocycles. The van der Waals surface area contributed by atoms with Gasteiger partial charge >= 0.3 is 12.0 Å². The van der Waals surface area contributed by atoms with Crippen LogP contribution >= 0.6 is 0 Å². The second-order valence-corrected chi connectivity index (χ2v) is 11.6. The molecule has 0 saturated carbocycles. The van der Waals surface area contributed by atoms with Crippen molar-refractivity contribution in [2.45, 2.75) is 57.1 Å². The zero-order valence-corrected chi connectivity index (χ0v) is 28.5. The molecule has 0 aliphatic rings. The minimum absolute atomic E-state index is 0.295. The molecule has 2 amide bonds. The van der Waals surface area contributed by atoms with E-state index in [1.807, 2.05) is 54.9 Å². The Kier molecular flexibility index (Phi) is 13.6. The van der Waals surface area contributed by atoms with Crippen LogP contribution < -0.4 is 19.1 Å². The number of ether oxygens (including phenoxy) is 4. The van der Waals surface area contributed by atoms with Crippen molar-refractivity contribution in [3.05, 3.63) is 108 Å². The Bertz CT molecular complexity index is 1500. The maximum absolute atomic E-state index is 14.1. The number of esters is 1. The predicted octanol–water partition coefficient (Wildman–Crippen LogP) is 6.56. The molecule has 0 bridgehead atoms. The average molecular weight is 655 g/mol. The summed E-state index contributed by atoms with van der Waals surface area (Å²) in [6, 6.07) is 19.7. The zero-order valence-electron chi connectivity index (χ0n) is 28.5. The summed E-state index contributed by atoms with van der Waals surface area (Å²) < 4.78 is 22.7. The van der Waals surface area contributed by atoms with Gasteiger partial charge in [0.05, 0.1) is 27.0 Å². The van der Waals surface area contributed by atoms with Crippen LogP contribution in [-0.2, 0) is 28.8 Å². The monoisotopic (exact) mass is 654 g/mol. The van der Waals surface area contributed by atoms with Gasteiger partial charge in [0.25, 0.3) is 0 Å². The number of likely N-dealkylation sites (N-methyl/N-ethyl adjacent to an activating group) is 1. The highest BCUT2D eigenvalue weighted by atomic mass is 16.5. The van der Waals surface area contributed by atoms with Crippen LogP contribution in [0.25, 0.3) is 0 Å². The fraction of sp³-hybridized carbons (Fsp3) is 0.368. The van der Waals surface area contributed by atoms with Gasteiger partial charge in [-0.25, -0.2) is 9.59 Å². The van der Waals surface area contributed by atoms with Gasteiger partial charge in [-0.3, -0.25) is 14.9 Å². The number of anilines is 1. The van der Waals surface area contributed by atoms with Crippen LogP contribution in [0.5, 0.6) is 17.2 Å². The van der Waals surface area contributed by atoms with Gasteiger partial charge in [-0.05, 0) is 67.3 Å². The second kappa shape index (κ2) is 18.3. The molecular weight excluding hydrogens is 608 g/mol. The van der Waals surface area contributed by atoms with E-state index in [0.717, 1.165) is 42.4 Å². The highest BCUT2D eigenvalue weighted by Gasteiger charge is 2.33. The Morgan fingerprint density at radius 2 is 1.27 bits per heavy atom. The number of amides is 2. The van der Waals surface area contributed by atoms with Gasteiger partial charge in [0.1, 0.15) is 12.1 Å². The summed E-state index contributed by atoms with van der Waals surface area (Å²) in [6.45, 7) is 0. The summed E-state index contributed by atoms with van der Waals surface area (Å²) in [5, 5.41) is 0. The Morgan fingerprint density at radius 3 is 1.75 bits per heavy atom. The van der Waals surface area contributed by atoms with Crippen molar-refractivity contribution < 1.29 is 28.5 Å². The van der Waals surface area contributed by atoms with E-state index in [2.05, 4.69) is 22.1 Å². The van der Waals surface area contributed by atoms with Crippen LogP contribution in [0.15, 0.2) is 91.5 Å². The van der Waals surface area contributed by atoms with Gasteiger partial charge in [-0.1, -0.05) is 42.5 Å². The number of pyridine rings is 2. The third kappa shape index (κ3) is 9.94. The Hall–Kier alpha value is -5.12. The predicted molar refractivity (Wildman–Crippen MR) is 186 cm³/mol. The second-order valence-electron chi connectivity index (χ2n) is 11.6. The van der Waals surface area contributed by atoms with E-state index in [4.69, 9.17) is 18.9 Å². The lowest BCUT2D eigenvalue weighted by atomic mass is 10.0. The van der Waals surface area contributed by atoms with Gasteiger partial charge in [0, 0.05) is 57.4 Å². The highest BCUT2D eigenvalue weighted by molar-refractivity contribution is 5.95. The zero-order chi connectivity index (χ0) is 34.3. The van der Waals surface area contributed by atoms with Gasteiger partial charge in [0.15, 0.2) is 11.5 Å². The number of hydrogen-bond acceptors (Lipinski definition) is 8. The molecular formula is C38H46N4O6. The van der Waals surface area contributed by atoms with E-state index >= 15 is 0 Å². The standard InChI is InChI=1S/C38H46N4O6/c1-41(31-24-34(45-3)36(47-5)35(25-31)46-4)38(44)42(2)33(23-28-13-7-6-8-14-28)37(43)48-32(19-9-15-29-17-11-21-39-26-29)20-10-16-30-18-12-22-40-27-30/h6-8,11-14,17-18,21-22,24-27,32-33H,9-10,15-16,19-20,23H2,1-5H3. The van der Waals surface area contributed by atoms with E-state index < -0.39 is 18.0 Å². The summed E-state index contributed by atoms with van der Waals surface area (Å²) in [7, 11) is 7.83. The fourth-order valence-corrected chi connectivity index (χ4v) is 5.62. The van der Waals surface area contributed by atoms with Crippen LogP contribution in [0.2, 0.25) is 0 Å². The summed E-state index contributed by atoms with van der Waals surface area (Å²) in [5.41, 5.74) is 3.70. The smallest absolute Gasteiger partial charge is 0.329 e. The number of rotatable bonds is 17. The summed E-state index contributed by atoms with van der Waals surface area (Å²) in [6.07, 6.45) is 11.9. The third-order valence-electron chi connectivity index (χ3n) is 8.35. The highest BCUT2D eigenvalue weighted by Crippen LogP contribution is 2.41. The van der Waals surface area contributed by atoms with Crippen molar-refractivity contribution in [1.82, 2.24) is 14.9 Å². The van der Waals surface area contributed by atoms with E-state index in [0.29, 0.717) is 42.2 Å². The largest absolute Gasteiger partial charge is 0.493 e. The normalized spacial score (nSPS) is 11.5. The molecule has 10 nitrogen and oxygen atoms in total. The molecule has 0 saturated heterocycles. The maximum Gasteiger partial charge on any atom is 0.329 e.